The Morgan fingerprint density at radius 2 is 1.80 bits per heavy atom. The summed E-state index contributed by atoms with van der Waals surface area (Å²) in [7, 11) is 0. The Bertz CT molecular complexity index is 769. The Morgan fingerprint density at radius 3 is 2.52 bits per heavy atom. The number of benzene rings is 2. The Labute approximate surface area is 149 Å². The second kappa shape index (κ2) is 7.49. The fraction of sp³-hybridized carbons (Fsp3) is 0.455. The first-order valence-corrected chi connectivity index (χ1v) is 9.38. The van der Waals surface area contributed by atoms with Crippen LogP contribution in [0.2, 0.25) is 0 Å². The van der Waals surface area contributed by atoms with E-state index in [9.17, 15) is 9.90 Å². The molecule has 3 rings (SSSR count). The molecule has 0 aromatic heterocycles. The molecule has 132 valence electrons. The molecule has 2 N–H and O–H groups in total. The fourth-order valence-corrected chi connectivity index (χ4v) is 4.18. The minimum atomic E-state index is -1.04. The molecule has 1 saturated carbocycles. The van der Waals surface area contributed by atoms with Gasteiger partial charge in [-0.3, -0.25) is 4.79 Å². The van der Waals surface area contributed by atoms with Crippen LogP contribution in [0, 0.1) is 5.41 Å². The standard InChI is InChI=1S/C22H27NO2/c1-2-9-19(23)21(24)20(22(25)14-6-3-7-15-22)18-13-8-11-16-10-4-5-12-17(16)18/h4-5,8,10-13,20,23,25H,2-3,6-7,9,14-15H2,1H3. The molecule has 0 aliphatic heterocycles. The summed E-state index contributed by atoms with van der Waals surface area (Å²) in [4.78, 5) is 13.2. The summed E-state index contributed by atoms with van der Waals surface area (Å²) < 4.78 is 0. The molecule has 2 aromatic rings. The minimum Gasteiger partial charge on any atom is -0.389 e. The maximum absolute atomic E-state index is 13.2. The Morgan fingerprint density at radius 1 is 1.12 bits per heavy atom. The average Bonchev–Trinajstić information content (AvgIpc) is 2.62. The van der Waals surface area contributed by atoms with Crippen molar-refractivity contribution >= 4 is 22.3 Å². The topological polar surface area (TPSA) is 61.2 Å². The highest BCUT2D eigenvalue weighted by Gasteiger charge is 2.44. The summed E-state index contributed by atoms with van der Waals surface area (Å²) in [5.41, 5.74) is -0.0350. The van der Waals surface area contributed by atoms with E-state index in [4.69, 9.17) is 5.41 Å². The van der Waals surface area contributed by atoms with Crippen LogP contribution in [0.3, 0.4) is 0 Å². The first-order valence-electron chi connectivity index (χ1n) is 9.38. The molecule has 1 unspecified atom stereocenters. The van der Waals surface area contributed by atoms with Gasteiger partial charge in [0.15, 0.2) is 5.78 Å². The highest BCUT2D eigenvalue weighted by Crippen LogP contribution is 2.42. The number of carbonyl (C=O) groups excluding carboxylic acids is 1. The first-order chi connectivity index (χ1) is 12.1. The summed E-state index contributed by atoms with van der Waals surface area (Å²) in [6.45, 7) is 1.98. The van der Waals surface area contributed by atoms with E-state index >= 15 is 0 Å². The molecule has 0 saturated heterocycles. The lowest BCUT2D eigenvalue weighted by Crippen LogP contribution is -2.44. The molecule has 0 bridgehead atoms. The van der Waals surface area contributed by atoms with Crippen LogP contribution in [0.4, 0.5) is 0 Å². The lowest BCUT2D eigenvalue weighted by atomic mass is 9.69. The lowest BCUT2D eigenvalue weighted by molar-refractivity contribution is -0.122. The Balaban J connectivity index is 2.13. The second-order valence-corrected chi connectivity index (χ2v) is 7.26. The van der Waals surface area contributed by atoms with Gasteiger partial charge >= 0.3 is 0 Å². The van der Waals surface area contributed by atoms with Gasteiger partial charge in [-0.25, -0.2) is 0 Å². The summed E-state index contributed by atoms with van der Waals surface area (Å²) >= 11 is 0. The molecule has 0 spiro atoms. The van der Waals surface area contributed by atoms with Gasteiger partial charge in [-0.2, -0.15) is 0 Å². The van der Waals surface area contributed by atoms with Crippen molar-refractivity contribution in [2.75, 3.05) is 0 Å². The van der Waals surface area contributed by atoms with Crippen molar-refractivity contribution in [1.82, 2.24) is 0 Å². The highest BCUT2D eigenvalue weighted by molar-refractivity contribution is 6.41. The highest BCUT2D eigenvalue weighted by atomic mass is 16.3. The third-order valence-corrected chi connectivity index (χ3v) is 5.45. The molecular formula is C22H27NO2. The van der Waals surface area contributed by atoms with E-state index < -0.39 is 11.5 Å². The summed E-state index contributed by atoms with van der Waals surface area (Å²) in [6, 6.07) is 13.9. The monoisotopic (exact) mass is 337 g/mol. The van der Waals surface area contributed by atoms with Crippen molar-refractivity contribution in [3.63, 3.8) is 0 Å². The van der Waals surface area contributed by atoms with Crippen molar-refractivity contribution in [3.05, 3.63) is 48.0 Å². The number of carbonyl (C=O) groups is 1. The van der Waals surface area contributed by atoms with Crippen LogP contribution in [0.5, 0.6) is 0 Å². The van der Waals surface area contributed by atoms with E-state index in [-0.39, 0.29) is 11.5 Å². The molecule has 0 radical (unpaired) electrons. The number of hydrogen-bond donors (Lipinski definition) is 2. The zero-order valence-corrected chi connectivity index (χ0v) is 14.9. The van der Waals surface area contributed by atoms with Crippen LogP contribution in [0.1, 0.15) is 63.4 Å². The summed E-state index contributed by atoms with van der Waals surface area (Å²) in [5, 5.41) is 21.7. The smallest absolute Gasteiger partial charge is 0.186 e. The molecular weight excluding hydrogens is 310 g/mol. The van der Waals surface area contributed by atoms with Gasteiger partial charge in [0.25, 0.3) is 0 Å². The minimum absolute atomic E-state index is 0.138. The van der Waals surface area contributed by atoms with Gasteiger partial charge in [0.05, 0.1) is 17.2 Å². The zero-order valence-electron chi connectivity index (χ0n) is 14.9. The predicted octanol–water partition coefficient (Wildman–Crippen LogP) is 5.01. The van der Waals surface area contributed by atoms with Crippen molar-refractivity contribution in [1.29, 1.82) is 5.41 Å². The number of rotatable bonds is 6. The number of Topliss-reactive ketones (excluding diaryl/α,β-unsaturated/α-hetero) is 1. The molecule has 3 nitrogen and oxygen atoms in total. The number of ketones is 1. The van der Waals surface area contributed by atoms with Crippen molar-refractivity contribution in [3.8, 4) is 0 Å². The molecule has 25 heavy (non-hydrogen) atoms. The molecule has 2 aromatic carbocycles. The molecule has 1 atom stereocenters. The van der Waals surface area contributed by atoms with Crippen LogP contribution in [0.25, 0.3) is 10.8 Å². The fourth-order valence-electron chi connectivity index (χ4n) is 4.18. The zero-order chi connectivity index (χ0) is 17.9. The number of hydrogen-bond acceptors (Lipinski definition) is 3. The van der Waals surface area contributed by atoms with Gasteiger partial charge in [0, 0.05) is 0 Å². The normalized spacial score (nSPS) is 18.0. The van der Waals surface area contributed by atoms with Crippen LogP contribution in [-0.4, -0.2) is 22.2 Å². The number of nitrogens with one attached hydrogen (secondary N) is 1. The quantitative estimate of drug-likeness (QED) is 0.728. The third kappa shape index (κ3) is 3.52. The van der Waals surface area contributed by atoms with E-state index in [0.29, 0.717) is 19.3 Å². The SMILES string of the molecule is CCCC(=N)C(=O)C(c1cccc2ccccc12)C1(O)CCCCC1. The predicted molar refractivity (Wildman–Crippen MR) is 102 cm³/mol. The van der Waals surface area contributed by atoms with Gasteiger partial charge < -0.3 is 10.5 Å². The summed E-state index contributed by atoms with van der Waals surface area (Å²) in [5.74, 6) is -0.847. The molecule has 1 aliphatic rings. The molecule has 1 fully saturated rings. The van der Waals surface area contributed by atoms with E-state index in [1.165, 1.54) is 0 Å². The van der Waals surface area contributed by atoms with Crippen molar-refractivity contribution < 1.29 is 9.90 Å². The molecule has 0 amide bonds. The van der Waals surface area contributed by atoms with Crippen LogP contribution in [0.15, 0.2) is 42.5 Å². The van der Waals surface area contributed by atoms with Gasteiger partial charge in [-0.1, -0.05) is 75.1 Å². The molecule has 3 heteroatoms. The van der Waals surface area contributed by atoms with E-state index in [1.54, 1.807) is 0 Å². The van der Waals surface area contributed by atoms with E-state index in [2.05, 4.69) is 0 Å². The van der Waals surface area contributed by atoms with Gasteiger partial charge in [-0.15, -0.1) is 0 Å². The van der Waals surface area contributed by atoms with Crippen LogP contribution >= 0.6 is 0 Å². The van der Waals surface area contributed by atoms with Crippen LogP contribution < -0.4 is 0 Å². The van der Waals surface area contributed by atoms with Gasteiger partial charge in [0.2, 0.25) is 0 Å². The molecule has 1 aliphatic carbocycles. The van der Waals surface area contributed by atoms with Crippen LogP contribution in [-0.2, 0) is 4.79 Å². The average molecular weight is 337 g/mol. The molecule has 0 heterocycles. The van der Waals surface area contributed by atoms with Crippen molar-refractivity contribution in [2.45, 2.75) is 63.4 Å². The maximum atomic E-state index is 13.2. The third-order valence-electron chi connectivity index (χ3n) is 5.45. The second-order valence-electron chi connectivity index (χ2n) is 7.26. The lowest BCUT2D eigenvalue weighted by Gasteiger charge is -2.39. The first kappa shape index (κ1) is 17.8. The number of fused-ring (bicyclic) bond motifs is 1. The number of aliphatic hydroxyl groups is 1. The van der Waals surface area contributed by atoms with E-state index in [0.717, 1.165) is 42.0 Å². The van der Waals surface area contributed by atoms with Gasteiger partial charge in [-0.05, 0) is 35.6 Å². The van der Waals surface area contributed by atoms with Gasteiger partial charge in [0.1, 0.15) is 0 Å². The Kier molecular flexibility index (Phi) is 5.33. The Hall–Kier alpha value is -2.00. The maximum Gasteiger partial charge on any atom is 0.186 e. The summed E-state index contributed by atoms with van der Waals surface area (Å²) in [6.07, 6.45) is 5.48. The van der Waals surface area contributed by atoms with Crippen molar-refractivity contribution in [2.24, 2.45) is 0 Å². The van der Waals surface area contributed by atoms with E-state index in [1.807, 2.05) is 49.4 Å². The largest absolute Gasteiger partial charge is 0.389 e.